The summed E-state index contributed by atoms with van der Waals surface area (Å²) in [4.78, 5) is 17.5. The van der Waals surface area contributed by atoms with Crippen LogP contribution in [0.5, 0.6) is 0 Å². The van der Waals surface area contributed by atoms with Crippen LogP contribution in [-0.4, -0.2) is 21.0 Å². The molecule has 2 rings (SSSR count). The maximum atomic E-state index is 12.8. The lowest BCUT2D eigenvalue weighted by atomic mass is 10.2. The normalized spacial score (nSPS) is 11.3. The van der Waals surface area contributed by atoms with Crippen LogP contribution in [0, 0.1) is 0 Å². The van der Waals surface area contributed by atoms with Gasteiger partial charge in [-0.1, -0.05) is 23.2 Å². The molecule has 0 aliphatic carbocycles. The lowest BCUT2D eigenvalue weighted by Gasteiger charge is -2.11. The fourth-order valence-corrected chi connectivity index (χ4v) is 1.82. The summed E-state index contributed by atoms with van der Waals surface area (Å²) in [6.45, 7) is 0. The van der Waals surface area contributed by atoms with E-state index in [1.165, 1.54) is 18.2 Å². The quantitative estimate of drug-likeness (QED) is 0.864. The van der Waals surface area contributed by atoms with E-state index < -0.39 is 29.4 Å². The fraction of sp³-hybridized carbons (Fsp3) is 0.0833. The monoisotopic (exact) mass is 351 g/mol. The SMILES string of the molecule is O=C(O)c1cnc(Nc2ccc(Cl)c(Cl)c2)nc1C(F)(F)F. The van der Waals surface area contributed by atoms with Gasteiger partial charge < -0.3 is 10.4 Å². The van der Waals surface area contributed by atoms with Crippen molar-refractivity contribution >= 4 is 40.8 Å². The molecule has 2 N–H and O–H groups in total. The Labute approximate surface area is 131 Å². The second-order valence-electron chi connectivity index (χ2n) is 4.01. The van der Waals surface area contributed by atoms with Crippen molar-refractivity contribution in [3.05, 3.63) is 45.7 Å². The van der Waals surface area contributed by atoms with Crippen molar-refractivity contribution in [2.45, 2.75) is 6.18 Å². The Hall–Kier alpha value is -2.06. The fourth-order valence-electron chi connectivity index (χ4n) is 1.52. The van der Waals surface area contributed by atoms with E-state index in [1.54, 1.807) is 0 Å². The minimum atomic E-state index is -4.93. The molecule has 0 spiro atoms. The van der Waals surface area contributed by atoms with Gasteiger partial charge in [0, 0.05) is 11.9 Å². The summed E-state index contributed by atoms with van der Waals surface area (Å²) < 4.78 is 38.5. The van der Waals surface area contributed by atoms with Crippen molar-refractivity contribution in [2.75, 3.05) is 5.32 Å². The molecule has 0 amide bonds. The number of alkyl halides is 3. The average molecular weight is 352 g/mol. The third-order valence-corrected chi connectivity index (χ3v) is 3.20. The molecule has 0 aliphatic rings. The number of anilines is 2. The number of rotatable bonds is 3. The van der Waals surface area contributed by atoms with E-state index in [-0.39, 0.29) is 10.0 Å². The van der Waals surface area contributed by atoms with Crippen LogP contribution in [0.2, 0.25) is 10.0 Å². The highest BCUT2D eigenvalue weighted by molar-refractivity contribution is 6.42. The van der Waals surface area contributed by atoms with Crippen molar-refractivity contribution in [1.82, 2.24) is 9.97 Å². The van der Waals surface area contributed by atoms with E-state index in [0.29, 0.717) is 11.9 Å². The molecule has 0 saturated heterocycles. The summed E-state index contributed by atoms with van der Waals surface area (Å²) in [5.74, 6) is -2.19. The smallest absolute Gasteiger partial charge is 0.434 e. The number of carboxylic acids is 1. The summed E-state index contributed by atoms with van der Waals surface area (Å²) in [5.41, 5.74) is -2.28. The molecule has 0 fully saturated rings. The van der Waals surface area contributed by atoms with Crippen molar-refractivity contribution in [3.63, 3.8) is 0 Å². The Kier molecular flexibility index (Phi) is 4.43. The lowest BCUT2D eigenvalue weighted by Crippen LogP contribution is -2.17. The van der Waals surface area contributed by atoms with Crippen LogP contribution in [0.15, 0.2) is 24.4 Å². The molecule has 2 aromatic rings. The Morgan fingerprint density at radius 3 is 2.45 bits per heavy atom. The number of benzene rings is 1. The van der Waals surface area contributed by atoms with Crippen molar-refractivity contribution < 1.29 is 23.1 Å². The molecular formula is C12H6Cl2F3N3O2. The van der Waals surface area contributed by atoms with Gasteiger partial charge in [-0.05, 0) is 18.2 Å². The second-order valence-corrected chi connectivity index (χ2v) is 4.83. The van der Waals surface area contributed by atoms with Gasteiger partial charge in [-0.3, -0.25) is 0 Å². The van der Waals surface area contributed by atoms with Crippen molar-refractivity contribution in [1.29, 1.82) is 0 Å². The molecule has 116 valence electrons. The summed E-state index contributed by atoms with van der Waals surface area (Å²) in [7, 11) is 0. The first kappa shape index (κ1) is 16.3. The van der Waals surface area contributed by atoms with Crippen LogP contribution in [-0.2, 0) is 6.18 Å². The van der Waals surface area contributed by atoms with Crippen LogP contribution < -0.4 is 5.32 Å². The number of aromatic carboxylic acids is 1. The van der Waals surface area contributed by atoms with Gasteiger partial charge in [0.2, 0.25) is 5.95 Å². The number of hydrogen-bond donors (Lipinski definition) is 2. The first-order valence-electron chi connectivity index (χ1n) is 5.58. The second kappa shape index (κ2) is 5.98. The Morgan fingerprint density at radius 2 is 1.91 bits per heavy atom. The molecule has 0 saturated carbocycles. The molecule has 1 aromatic heterocycles. The number of halogens is 5. The van der Waals surface area contributed by atoms with E-state index in [2.05, 4.69) is 15.3 Å². The summed E-state index contributed by atoms with van der Waals surface area (Å²) in [6.07, 6.45) is -4.34. The lowest BCUT2D eigenvalue weighted by molar-refractivity contribution is -0.141. The van der Waals surface area contributed by atoms with Gasteiger partial charge in [0.25, 0.3) is 0 Å². The van der Waals surface area contributed by atoms with E-state index in [9.17, 15) is 18.0 Å². The molecule has 10 heteroatoms. The number of nitrogens with zero attached hydrogens (tertiary/aromatic N) is 2. The minimum absolute atomic E-state index is 0.185. The molecular weight excluding hydrogens is 346 g/mol. The van der Waals surface area contributed by atoms with E-state index in [4.69, 9.17) is 28.3 Å². The van der Waals surface area contributed by atoms with Crippen LogP contribution in [0.1, 0.15) is 16.1 Å². The molecule has 0 unspecified atom stereocenters. The number of carbonyl (C=O) groups is 1. The van der Waals surface area contributed by atoms with E-state index in [0.717, 1.165) is 0 Å². The van der Waals surface area contributed by atoms with Crippen LogP contribution in [0.4, 0.5) is 24.8 Å². The highest BCUT2D eigenvalue weighted by Gasteiger charge is 2.38. The molecule has 5 nitrogen and oxygen atoms in total. The maximum absolute atomic E-state index is 12.8. The highest BCUT2D eigenvalue weighted by Crippen LogP contribution is 2.31. The molecule has 0 aliphatic heterocycles. The largest absolute Gasteiger partial charge is 0.478 e. The molecule has 1 heterocycles. The third kappa shape index (κ3) is 3.58. The average Bonchev–Trinajstić information content (AvgIpc) is 2.41. The number of hydrogen-bond acceptors (Lipinski definition) is 4. The van der Waals surface area contributed by atoms with Crippen molar-refractivity contribution in [3.8, 4) is 0 Å². The van der Waals surface area contributed by atoms with Crippen LogP contribution >= 0.6 is 23.2 Å². The summed E-state index contributed by atoms with van der Waals surface area (Å²) in [5, 5.41) is 11.7. The number of aromatic nitrogens is 2. The molecule has 0 radical (unpaired) electrons. The Bertz CT molecular complexity index is 738. The first-order chi connectivity index (χ1) is 10.2. The first-order valence-corrected chi connectivity index (χ1v) is 6.33. The minimum Gasteiger partial charge on any atom is -0.478 e. The molecule has 1 aromatic carbocycles. The van der Waals surface area contributed by atoms with Gasteiger partial charge in [0.1, 0.15) is 5.56 Å². The van der Waals surface area contributed by atoms with E-state index in [1.807, 2.05) is 0 Å². The summed E-state index contributed by atoms with van der Waals surface area (Å²) in [6, 6.07) is 4.25. The molecule has 22 heavy (non-hydrogen) atoms. The number of nitrogens with one attached hydrogen (secondary N) is 1. The molecule has 0 bridgehead atoms. The zero-order valence-corrected chi connectivity index (χ0v) is 12.0. The van der Waals surface area contributed by atoms with Crippen LogP contribution in [0.25, 0.3) is 0 Å². The Morgan fingerprint density at radius 1 is 1.23 bits per heavy atom. The van der Waals surface area contributed by atoms with Crippen LogP contribution in [0.3, 0.4) is 0 Å². The highest BCUT2D eigenvalue weighted by atomic mass is 35.5. The topological polar surface area (TPSA) is 75.1 Å². The predicted molar refractivity (Wildman–Crippen MR) is 73.7 cm³/mol. The predicted octanol–water partition coefficient (Wildman–Crippen LogP) is 4.24. The van der Waals surface area contributed by atoms with Gasteiger partial charge in [-0.15, -0.1) is 0 Å². The zero-order valence-electron chi connectivity index (χ0n) is 10.4. The van der Waals surface area contributed by atoms with Gasteiger partial charge in [0.15, 0.2) is 5.69 Å². The standard InChI is InChI=1S/C12H6Cl2F3N3O2/c13-7-2-1-5(3-8(7)14)19-11-18-4-6(10(21)22)9(20-11)12(15,16)17/h1-4H,(H,21,22)(H,18,19,20). The maximum Gasteiger partial charge on any atom is 0.434 e. The summed E-state index contributed by atoms with van der Waals surface area (Å²) >= 11 is 11.5. The number of carboxylic acid groups (broad SMARTS) is 1. The van der Waals surface area contributed by atoms with Gasteiger partial charge in [-0.25, -0.2) is 14.8 Å². The van der Waals surface area contributed by atoms with Crippen molar-refractivity contribution in [2.24, 2.45) is 0 Å². The Balaban J connectivity index is 2.40. The zero-order chi connectivity index (χ0) is 16.5. The molecule has 0 atom stereocenters. The van der Waals surface area contributed by atoms with Gasteiger partial charge >= 0.3 is 12.1 Å². The van der Waals surface area contributed by atoms with Gasteiger partial charge in [0.05, 0.1) is 10.0 Å². The third-order valence-electron chi connectivity index (χ3n) is 2.46. The van der Waals surface area contributed by atoms with Gasteiger partial charge in [-0.2, -0.15) is 13.2 Å². The van der Waals surface area contributed by atoms with E-state index >= 15 is 0 Å².